The lowest BCUT2D eigenvalue weighted by Crippen LogP contribution is -2.27. The van der Waals surface area contributed by atoms with Gasteiger partial charge >= 0.3 is 11.9 Å². The minimum Gasteiger partial charge on any atom is -0.478 e. The predicted octanol–water partition coefficient (Wildman–Crippen LogP) is 0.617. The summed E-state index contributed by atoms with van der Waals surface area (Å²) in [5.74, 6) is -3.76. The molecule has 0 spiro atoms. The van der Waals surface area contributed by atoms with Gasteiger partial charge in [0, 0.05) is 5.41 Å². The van der Waals surface area contributed by atoms with Crippen LogP contribution in [-0.2, 0) is 14.4 Å². The normalized spacial score (nSPS) is 19.2. The Morgan fingerprint density at radius 1 is 1.07 bits per heavy atom. The van der Waals surface area contributed by atoms with E-state index in [9.17, 15) is 14.4 Å². The second-order valence-electron chi connectivity index (χ2n) is 3.88. The molecule has 0 aromatic rings. The van der Waals surface area contributed by atoms with Crippen LogP contribution in [0.3, 0.4) is 0 Å². The van der Waals surface area contributed by atoms with Crippen molar-refractivity contribution in [3.63, 3.8) is 0 Å². The second kappa shape index (κ2) is 3.34. The van der Waals surface area contributed by atoms with Crippen molar-refractivity contribution in [2.75, 3.05) is 0 Å². The number of rotatable bonds is 2. The van der Waals surface area contributed by atoms with E-state index in [0.717, 1.165) is 0 Å². The highest BCUT2D eigenvalue weighted by atomic mass is 16.4. The molecule has 1 rings (SSSR count). The number of carbonyl (C=O) groups excluding carboxylic acids is 1. The quantitative estimate of drug-likeness (QED) is 0.652. The maximum atomic E-state index is 11.4. The van der Waals surface area contributed by atoms with E-state index in [1.807, 2.05) is 0 Å². The van der Waals surface area contributed by atoms with E-state index < -0.39 is 34.3 Å². The minimum atomic E-state index is -1.40. The van der Waals surface area contributed by atoms with E-state index in [1.54, 1.807) is 13.8 Å². The third kappa shape index (κ3) is 2.12. The number of hydrogen-bond donors (Lipinski definition) is 2. The highest BCUT2D eigenvalue weighted by molar-refractivity contribution is 6.32. The van der Waals surface area contributed by atoms with Gasteiger partial charge in [0.1, 0.15) is 11.1 Å². The molecule has 0 amide bonds. The van der Waals surface area contributed by atoms with Gasteiger partial charge in [0.15, 0.2) is 0 Å². The number of carboxylic acid groups (broad SMARTS) is 2. The van der Waals surface area contributed by atoms with Crippen molar-refractivity contribution in [3.8, 4) is 0 Å². The zero-order chi connectivity index (χ0) is 11.8. The monoisotopic (exact) mass is 210 g/mol. The second-order valence-corrected chi connectivity index (χ2v) is 3.88. The summed E-state index contributed by atoms with van der Waals surface area (Å²) in [7, 11) is 0. The third-order valence-electron chi connectivity index (χ3n) is 1.98. The molecule has 0 aliphatic heterocycles. The van der Waals surface area contributed by atoms with Gasteiger partial charge in [-0.1, -0.05) is 26.0 Å². The van der Waals surface area contributed by atoms with Gasteiger partial charge in [0.2, 0.25) is 5.78 Å². The van der Waals surface area contributed by atoms with Crippen molar-refractivity contribution in [3.05, 3.63) is 23.3 Å². The van der Waals surface area contributed by atoms with E-state index in [-0.39, 0.29) is 0 Å². The Kier molecular flexibility index (Phi) is 2.49. The highest BCUT2D eigenvalue weighted by Crippen LogP contribution is 2.29. The van der Waals surface area contributed by atoms with Crippen LogP contribution in [0.15, 0.2) is 23.3 Å². The van der Waals surface area contributed by atoms with Crippen LogP contribution in [0, 0.1) is 5.41 Å². The molecule has 1 aliphatic carbocycles. The Hall–Kier alpha value is -1.91. The number of carbonyl (C=O) groups is 3. The smallest absolute Gasteiger partial charge is 0.339 e. The van der Waals surface area contributed by atoms with E-state index in [1.165, 1.54) is 12.2 Å². The molecule has 0 aromatic heterocycles. The first-order valence-electron chi connectivity index (χ1n) is 4.21. The fraction of sp³-hybridized carbons (Fsp3) is 0.300. The molecule has 0 heterocycles. The Balaban J connectivity index is 3.28. The Morgan fingerprint density at radius 3 is 1.67 bits per heavy atom. The molecular formula is C10H10O5. The Morgan fingerprint density at radius 2 is 1.40 bits per heavy atom. The van der Waals surface area contributed by atoms with Gasteiger partial charge in [-0.25, -0.2) is 9.59 Å². The van der Waals surface area contributed by atoms with Gasteiger partial charge < -0.3 is 10.2 Å². The summed E-state index contributed by atoms with van der Waals surface area (Å²) in [6.45, 7) is 3.26. The fourth-order valence-corrected chi connectivity index (χ4v) is 1.38. The van der Waals surface area contributed by atoms with E-state index in [2.05, 4.69) is 0 Å². The molecule has 0 unspecified atom stereocenters. The van der Waals surface area contributed by atoms with Gasteiger partial charge in [-0.15, -0.1) is 0 Å². The summed E-state index contributed by atoms with van der Waals surface area (Å²) >= 11 is 0. The average molecular weight is 210 g/mol. The minimum absolute atomic E-state index is 0.486. The molecule has 2 N–H and O–H groups in total. The van der Waals surface area contributed by atoms with Crippen LogP contribution in [0.1, 0.15) is 13.8 Å². The number of aliphatic carboxylic acids is 2. The number of hydrogen-bond acceptors (Lipinski definition) is 3. The third-order valence-corrected chi connectivity index (χ3v) is 1.98. The molecule has 0 atom stereocenters. The molecule has 0 aromatic carbocycles. The molecule has 80 valence electrons. The Bertz CT molecular complexity index is 376. The first kappa shape index (κ1) is 11.2. The topological polar surface area (TPSA) is 91.7 Å². The van der Waals surface area contributed by atoms with Crippen molar-refractivity contribution >= 4 is 17.7 Å². The first-order valence-corrected chi connectivity index (χ1v) is 4.21. The molecule has 1 aliphatic rings. The van der Waals surface area contributed by atoms with Crippen LogP contribution in [0.2, 0.25) is 0 Å². The van der Waals surface area contributed by atoms with Gasteiger partial charge in [-0.2, -0.15) is 0 Å². The average Bonchev–Trinajstić information content (AvgIpc) is 2.07. The van der Waals surface area contributed by atoms with E-state index in [0.29, 0.717) is 0 Å². The highest BCUT2D eigenvalue weighted by Gasteiger charge is 2.33. The number of allylic oxidation sites excluding steroid dienone is 2. The van der Waals surface area contributed by atoms with Crippen molar-refractivity contribution < 1.29 is 24.6 Å². The maximum absolute atomic E-state index is 11.4. The van der Waals surface area contributed by atoms with Crippen LogP contribution >= 0.6 is 0 Å². The van der Waals surface area contributed by atoms with Crippen LogP contribution in [0.5, 0.6) is 0 Å². The van der Waals surface area contributed by atoms with Gasteiger partial charge in [0.05, 0.1) is 0 Å². The lowest BCUT2D eigenvalue weighted by atomic mass is 9.81. The summed E-state index contributed by atoms with van der Waals surface area (Å²) in [5.41, 5.74) is -1.71. The lowest BCUT2D eigenvalue weighted by molar-refractivity contribution is -0.135. The van der Waals surface area contributed by atoms with Crippen LogP contribution < -0.4 is 0 Å². The first-order chi connectivity index (χ1) is 6.74. The van der Waals surface area contributed by atoms with Crippen molar-refractivity contribution in [1.29, 1.82) is 0 Å². The summed E-state index contributed by atoms with van der Waals surface area (Å²) in [6.07, 6.45) is 2.51. The lowest BCUT2D eigenvalue weighted by Gasteiger charge is -2.21. The van der Waals surface area contributed by atoms with E-state index in [4.69, 9.17) is 10.2 Å². The number of Topliss-reactive ketones (excluding diaryl/α,β-unsaturated/α-hetero) is 1. The molecule has 0 saturated carbocycles. The molecule has 0 fully saturated rings. The summed E-state index contributed by atoms with van der Waals surface area (Å²) < 4.78 is 0. The molecule has 5 nitrogen and oxygen atoms in total. The van der Waals surface area contributed by atoms with Crippen LogP contribution in [0.25, 0.3) is 0 Å². The molecule has 15 heavy (non-hydrogen) atoms. The zero-order valence-corrected chi connectivity index (χ0v) is 8.27. The van der Waals surface area contributed by atoms with Crippen molar-refractivity contribution in [1.82, 2.24) is 0 Å². The van der Waals surface area contributed by atoms with Crippen molar-refractivity contribution in [2.24, 2.45) is 5.41 Å². The maximum Gasteiger partial charge on any atom is 0.339 e. The summed E-state index contributed by atoms with van der Waals surface area (Å²) in [5, 5.41) is 17.5. The molecule has 0 saturated heterocycles. The number of ketones is 1. The van der Waals surface area contributed by atoms with Crippen LogP contribution in [-0.4, -0.2) is 27.9 Å². The standard InChI is InChI=1S/C10H10O5/c1-10(2)3-5(8(12)13)7(11)6(4-10)9(14)15/h3-4H,1-2H3,(H,12,13)(H,14,15). The number of carboxylic acids is 2. The van der Waals surface area contributed by atoms with Gasteiger partial charge in [-0.05, 0) is 0 Å². The molecule has 5 heteroatoms. The molecule has 0 bridgehead atoms. The van der Waals surface area contributed by atoms with Crippen molar-refractivity contribution in [2.45, 2.75) is 13.8 Å². The molecular weight excluding hydrogens is 200 g/mol. The fourth-order valence-electron chi connectivity index (χ4n) is 1.38. The van der Waals surface area contributed by atoms with Crippen LogP contribution in [0.4, 0.5) is 0 Å². The zero-order valence-electron chi connectivity index (χ0n) is 8.27. The van der Waals surface area contributed by atoms with Gasteiger partial charge in [0.25, 0.3) is 0 Å². The largest absolute Gasteiger partial charge is 0.478 e. The summed E-state index contributed by atoms with van der Waals surface area (Å²) in [4.78, 5) is 32.8. The summed E-state index contributed by atoms with van der Waals surface area (Å²) in [6, 6.07) is 0. The molecule has 0 radical (unpaired) electrons. The Labute approximate surface area is 85.7 Å². The van der Waals surface area contributed by atoms with Gasteiger partial charge in [-0.3, -0.25) is 4.79 Å². The SMILES string of the molecule is CC1(C)C=C(C(=O)O)C(=O)C(C(=O)O)=C1. The predicted molar refractivity (Wildman–Crippen MR) is 50.2 cm³/mol. The van der Waals surface area contributed by atoms with E-state index >= 15 is 0 Å².